The van der Waals surface area contributed by atoms with Gasteiger partial charge in [0.25, 0.3) is 0 Å². The van der Waals surface area contributed by atoms with Gasteiger partial charge in [-0.2, -0.15) is 13.2 Å². The molecule has 0 aromatic heterocycles. The fourth-order valence-corrected chi connectivity index (χ4v) is 2.15. The molecule has 0 aromatic carbocycles. The van der Waals surface area contributed by atoms with Crippen molar-refractivity contribution < 1.29 is 17.6 Å². The molecule has 1 saturated carbocycles. The molecule has 0 aliphatic heterocycles. The molecule has 1 rings (SSSR count). The van der Waals surface area contributed by atoms with Crippen LogP contribution in [0.5, 0.6) is 0 Å². The molecule has 0 radical (unpaired) electrons. The van der Waals surface area contributed by atoms with Crippen LogP contribution in [-0.4, -0.2) is 11.8 Å². The molecule has 0 bridgehead atoms. The summed E-state index contributed by atoms with van der Waals surface area (Å²) < 4.78 is 47.6. The van der Waals surface area contributed by atoms with Gasteiger partial charge in [-0.05, 0) is 24.2 Å². The first-order chi connectivity index (χ1) is 7.55. The van der Waals surface area contributed by atoms with Crippen LogP contribution in [0.15, 0.2) is 0 Å². The molecule has 2 atom stereocenters. The Balaban J connectivity index is 0.000000321. The van der Waals surface area contributed by atoms with Gasteiger partial charge in [0.1, 0.15) is 5.67 Å². The van der Waals surface area contributed by atoms with E-state index in [-0.39, 0.29) is 5.41 Å². The van der Waals surface area contributed by atoms with Gasteiger partial charge >= 0.3 is 6.18 Å². The molecule has 1 aliphatic carbocycles. The van der Waals surface area contributed by atoms with Gasteiger partial charge in [0.2, 0.25) is 0 Å². The summed E-state index contributed by atoms with van der Waals surface area (Å²) in [5, 5.41) is 0. The van der Waals surface area contributed by atoms with Gasteiger partial charge in [-0.3, -0.25) is 0 Å². The van der Waals surface area contributed by atoms with Crippen molar-refractivity contribution in [3.05, 3.63) is 0 Å². The second-order valence-corrected chi connectivity index (χ2v) is 7.75. The first kappa shape index (κ1) is 17.7. The third kappa shape index (κ3) is 7.93. The lowest BCUT2D eigenvalue weighted by molar-refractivity contribution is -0.152. The Morgan fingerprint density at radius 3 is 1.33 bits per heavy atom. The average molecular weight is 270 g/mol. The third-order valence-electron chi connectivity index (χ3n) is 2.95. The van der Waals surface area contributed by atoms with Crippen molar-refractivity contribution in [3.63, 3.8) is 0 Å². The molecule has 0 aromatic rings. The van der Waals surface area contributed by atoms with Crippen molar-refractivity contribution in [2.45, 2.75) is 73.2 Å². The number of hydrogen-bond acceptors (Lipinski definition) is 0. The maximum atomic E-state index is 13.0. The van der Waals surface area contributed by atoms with Crippen LogP contribution in [0.4, 0.5) is 17.6 Å². The summed E-state index contributed by atoms with van der Waals surface area (Å²) in [4.78, 5) is 0. The molecular formula is C14H26F4. The lowest BCUT2D eigenvalue weighted by Gasteiger charge is -2.19. The molecule has 0 saturated heterocycles. The maximum absolute atomic E-state index is 13.0. The molecule has 4 heteroatoms. The normalized spacial score (nSPS) is 28.5. The Kier molecular flexibility index (Phi) is 4.93. The van der Waals surface area contributed by atoms with E-state index < -0.39 is 23.7 Å². The van der Waals surface area contributed by atoms with Crippen LogP contribution < -0.4 is 0 Å². The van der Waals surface area contributed by atoms with E-state index in [1.807, 2.05) is 0 Å². The van der Waals surface area contributed by atoms with Crippen molar-refractivity contribution in [1.29, 1.82) is 0 Å². The molecule has 0 nitrogen and oxygen atoms in total. The van der Waals surface area contributed by atoms with E-state index in [1.54, 1.807) is 27.7 Å². The zero-order valence-corrected chi connectivity index (χ0v) is 12.5. The van der Waals surface area contributed by atoms with E-state index in [0.29, 0.717) is 5.92 Å². The van der Waals surface area contributed by atoms with Gasteiger partial charge in [0.05, 0.1) is 0 Å². The monoisotopic (exact) mass is 270 g/mol. The second kappa shape index (κ2) is 5.01. The quantitative estimate of drug-likeness (QED) is 0.490. The van der Waals surface area contributed by atoms with E-state index >= 15 is 0 Å². The average Bonchev–Trinajstić information content (AvgIpc) is 2.50. The minimum absolute atomic E-state index is 0.170. The summed E-state index contributed by atoms with van der Waals surface area (Å²) in [6, 6.07) is 0. The highest BCUT2D eigenvalue weighted by atomic mass is 19.4. The van der Waals surface area contributed by atoms with Crippen LogP contribution >= 0.6 is 0 Å². The number of rotatable bonds is 0. The molecule has 2 unspecified atom stereocenters. The number of hydrogen-bond donors (Lipinski definition) is 0. The molecular weight excluding hydrogens is 244 g/mol. The Bertz CT molecular complexity index is 247. The predicted octanol–water partition coefficient (Wildman–Crippen LogP) is 5.77. The van der Waals surface area contributed by atoms with Crippen LogP contribution in [0.3, 0.4) is 0 Å². The minimum Gasteiger partial charge on any atom is -0.244 e. The third-order valence-corrected chi connectivity index (χ3v) is 2.95. The Morgan fingerprint density at radius 2 is 1.33 bits per heavy atom. The zero-order valence-electron chi connectivity index (χ0n) is 12.5. The van der Waals surface area contributed by atoms with Crippen LogP contribution in [-0.2, 0) is 0 Å². The van der Waals surface area contributed by atoms with Gasteiger partial charge in [-0.25, -0.2) is 4.39 Å². The summed E-state index contributed by atoms with van der Waals surface area (Å²) >= 11 is 0. The lowest BCUT2D eigenvalue weighted by Crippen LogP contribution is -2.18. The van der Waals surface area contributed by atoms with Gasteiger partial charge in [-0.15, -0.1) is 0 Å². The Morgan fingerprint density at radius 1 is 1.00 bits per heavy atom. The van der Waals surface area contributed by atoms with E-state index in [1.165, 1.54) is 0 Å². The summed E-state index contributed by atoms with van der Waals surface area (Å²) in [6.45, 7) is 12.7. The highest BCUT2D eigenvalue weighted by Crippen LogP contribution is 2.56. The largest absolute Gasteiger partial charge is 0.389 e. The summed E-state index contributed by atoms with van der Waals surface area (Å²) in [5.41, 5.74) is -1.32. The summed E-state index contributed by atoms with van der Waals surface area (Å²) in [5.74, 6) is 0.296. The van der Waals surface area contributed by atoms with Crippen LogP contribution in [0.2, 0.25) is 0 Å². The van der Waals surface area contributed by atoms with E-state index in [9.17, 15) is 17.6 Å². The SMILES string of the molecule is CC(C)(C)C1CC1(C)F.CC(C)(C)CC(F)(F)F. The minimum atomic E-state index is -4.02. The van der Waals surface area contributed by atoms with E-state index in [2.05, 4.69) is 20.8 Å². The Hall–Kier alpha value is -0.280. The van der Waals surface area contributed by atoms with Crippen LogP contribution in [0.1, 0.15) is 61.3 Å². The summed E-state index contributed by atoms with van der Waals surface area (Å²) in [6.07, 6.45) is -3.96. The first-order valence-electron chi connectivity index (χ1n) is 6.30. The van der Waals surface area contributed by atoms with Crippen molar-refractivity contribution in [3.8, 4) is 0 Å². The standard InChI is InChI=1S/C8H15F.C6H11F3/c1-7(2,3)6-5-8(6,4)9;1-5(2,3)4-6(7,8)9/h6H,5H2,1-4H3;4H2,1-3H3. The highest BCUT2D eigenvalue weighted by molar-refractivity contribution is 5.05. The van der Waals surface area contributed by atoms with Crippen molar-refractivity contribution in [2.24, 2.45) is 16.7 Å². The summed E-state index contributed by atoms with van der Waals surface area (Å²) in [7, 11) is 0. The van der Waals surface area contributed by atoms with E-state index in [0.717, 1.165) is 6.42 Å². The van der Waals surface area contributed by atoms with Gasteiger partial charge in [0, 0.05) is 12.3 Å². The van der Waals surface area contributed by atoms with Gasteiger partial charge in [-0.1, -0.05) is 41.5 Å². The predicted molar refractivity (Wildman–Crippen MR) is 67.2 cm³/mol. The number of halogens is 4. The highest BCUT2D eigenvalue weighted by Gasteiger charge is 2.56. The topological polar surface area (TPSA) is 0 Å². The van der Waals surface area contributed by atoms with Gasteiger partial charge < -0.3 is 0 Å². The second-order valence-electron chi connectivity index (χ2n) is 7.75. The molecule has 1 aliphatic rings. The molecule has 0 heterocycles. The van der Waals surface area contributed by atoms with E-state index in [4.69, 9.17) is 0 Å². The van der Waals surface area contributed by atoms with Crippen LogP contribution in [0, 0.1) is 16.7 Å². The molecule has 0 amide bonds. The molecule has 0 N–H and O–H groups in total. The fraction of sp³-hybridized carbons (Fsp3) is 1.00. The number of alkyl halides is 4. The van der Waals surface area contributed by atoms with Crippen LogP contribution in [0.25, 0.3) is 0 Å². The van der Waals surface area contributed by atoms with Gasteiger partial charge in [0.15, 0.2) is 0 Å². The molecule has 18 heavy (non-hydrogen) atoms. The smallest absolute Gasteiger partial charge is 0.244 e. The van der Waals surface area contributed by atoms with Crippen molar-refractivity contribution in [1.82, 2.24) is 0 Å². The lowest BCUT2D eigenvalue weighted by atomic mass is 9.89. The maximum Gasteiger partial charge on any atom is 0.389 e. The first-order valence-corrected chi connectivity index (χ1v) is 6.30. The molecule has 110 valence electrons. The van der Waals surface area contributed by atoms with Crippen molar-refractivity contribution >= 4 is 0 Å². The molecule has 0 spiro atoms. The fourth-order valence-electron chi connectivity index (χ4n) is 2.15. The zero-order chi connectivity index (χ0) is 15.0. The van der Waals surface area contributed by atoms with Crippen molar-refractivity contribution in [2.75, 3.05) is 0 Å². The molecule has 1 fully saturated rings. The Labute approximate surface area is 108 Å².